The molecule has 0 fully saturated rings. The molecule has 0 aromatic carbocycles. The van der Waals surface area contributed by atoms with Crippen LogP contribution in [0.5, 0.6) is 0 Å². The van der Waals surface area contributed by atoms with E-state index in [1.807, 2.05) is 0 Å². The summed E-state index contributed by atoms with van der Waals surface area (Å²) in [5.74, 6) is 0.995. The Morgan fingerprint density at radius 3 is 2.08 bits per heavy atom. The number of Topliss-reactive ketones (excluding diaryl/α,β-unsaturated/α-hetero) is 1. The fourth-order valence-electron chi connectivity index (χ4n) is 6.55. The Morgan fingerprint density at radius 1 is 0.771 bits per heavy atom. The fourth-order valence-corrected chi connectivity index (χ4v) is 7.91. The lowest BCUT2D eigenvalue weighted by Crippen LogP contribution is -2.22. The molecule has 8 heteroatoms. The molecule has 1 aromatic rings. The maximum absolute atomic E-state index is 13.0. The van der Waals surface area contributed by atoms with E-state index in [4.69, 9.17) is 18.9 Å². The number of thiophene rings is 1. The van der Waals surface area contributed by atoms with Crippen molar-refractivity contribution in [1.82, 2.24) is 10.2 Å². The Balaban J connectivity index is 1.59. The minimum atomic E-state index is 0.301. The summed E-state index contributed by atoms with van der Waals surface area (Å²) in [4.78, 5) is 17.7. The molecule has 0 spiro atoms. The molecule has 2 rings (SSSR count). The number of carbonyl (C=O) groups excluding carboxylic acids is 1. The minimum Gasteiger partial charge on any atom is -0.355 e. The summed E-state index contributed by atoms with van der Waals surface area (Å²) in [5.41, 5.74) is 2.63. The molecule has 1 aromatic heterocycles. The summed E-state index contributed by atoms with van der Waals surface area (Å²) in [6.07, 6.45) is 24.9. The van der Waals surface area contributed by atoms with Gasteiger partial charge in [-0.1, -0.05) is 97.3 Å². The fraction of sp³-hybridized carbons (Fsp3) is 0.875. The van der Waals surface area contributed by atoms with E-state index in [0.29, 0.717) is 57.9 Å². The van der Waals surface area contributed by atoms with E-state index >= 15 is 0 Å². The molecule has 280 valence electrons. The molecule has 0 radical (unpaired) electrons. The first-order valence-corrected chi connectivity index (χ1v) is 20.7. The average Bonchev–Trinajstić information content (AvgIpc) is 3.42. The molecular formula is C40H74N2O5S. The molecule has 1 aliphatic rings. The normalized spacial score (nSPS) is 13.2. The number of hydrogen-bond acceptors (Lipinski definition) is 8. The van der Waals surface area contributed by atoms with Gasteiger partial charge in [0, 0.05) is 35.7 Å². The van der Waals surface area contributed by atoms with Gasteiger partial charge in [0.05, 0.1) is 19.8 Å². The summed E-state index contributed by atoms with van der Waals surface area (Å²) in [7, 11) is 4.15. The number of hydrogen-bond donors (Lipinski definition) is 1. The molecule has 0 saturated carbocycles. The third-order valence-corrected chi connectivity index (χ3v) is 10.8. The lowest BCUT2D eigenvalue weighted by atomic mass is 9.95. The molecule has 0 amide bonds. The van der Waals surface area contributed by atoms with Crippen LogP contribution in [0.4, 0.5) is 0 Å². The van der Waals surface area contributed by atoms with E-state index in [9.17, 15) is 4.79 Å². The van der Waals surface area contributed by atoms with Gasteiger partial charge in [0.1, 0.15) is 19.4 Å². The molecule has 48 heavy (non-hydrogen) atoms. The maximum atomic E-state index is 13.0. The van der Waals surface area contributed by atoms with E-state index in [1.165, 1.54) is 111 Å². The molecule has 7 nitrogen and oxygen atoms in total. The summed E-state index contributed by atoms with van der Waals surface area (Å²) in [6.45, 7) is 10.9. The van der Waals surface area contributed by atoms with Crippen LogP contribution >= 0.6 is 11.3 Å². The molecule has 0 atom stereocenters. The van der Waals surface area contributed by atoms with Crippen molar-refractivity contribution < 1.29 is 23.7 Å². The Hall–Kier alpha value is -0.870. The van der Waals surface area contributed by atoms with Crippen molar-refractivity contribution in [3.8, 4) is 0 Å². The van der Waals surface area contributed by atoms with Crippen LogP contribution in [0, 0.1) is 5.92 Å². The van der Waals surface area contributed by atoms with Gasteiger partial charge in [-0.05, 0) is 82.8 Å². The van der Waals surface area contributed by atoms with Gasteiger partial charge in [0.15, 0.2) is 0 Å². The zero-order chi connectivity index (χ0) is 34.5. The number of nitrogens with zero attached hydrogens (tertiary/aromatic N) is 1. The highest BCUT2D eigenvalue weighted by atomic mass is 32.1. The first-order chi connectivity index (χ1) is 23.5. The highest BCUT2D eigenvalue weighted by molar-refractivity contribution is 7.12. The van der Waals surface area contributed by atoms with E-state index in [1.54, 1.807) is 11.3 Å². The van der Waals surface area contributed by atoms with E-state index < -0.39 is 0 Å². The molecule has 0 bridgehead atoms. The van der Waals surface area contributed by atoms with Crippen LogP contribution in [0.25, 0.3) is 0 Å². The number of ketones is 1. The van der Waals surface area contributed by atoms with Crippen molar-refractivity contribution in [2.24, 2.45) is 5.92 Å². The van der Waals surface area contributed by atoms with E-state index in [0.717, 1.165) is 58.3 Å². The van der Waals surface area contributed by atoms with Crippen LogP contribution in [-0.2, 0) is 49.7 Å². The van der Waals surface area contributed by atoms with Gasteiger partial charge in [-0.3, -0.25) is 4.79 Å². The number of ether oxygens (including phenoxy) is 4. The average molecular weight is 695 g/mol. The first kappa shape index (κ1) is 43.3. The van der Waals surface area contributed by atoms with Gasteiger partial charge < -0.3 is 29.2 Å². The molecule has 1 aliphatic heterocycles. The number of unbranched alkanes of at least 4 members (excludes halogenated alkanes) is 12. The number of nitrogens with one attached hydrogen (secondary N) is 1. The second-order valence-electron chi connectivity index (χ2n) is 14.3. The summed E-state index contributed by atoms with van der Waals surface area (Å²) >= 11 is 1.79. The lowest BCUT2D eigenvalue weighted by Gasteiger charge is -2.17. The van der Waals surface area contributed by atoms with Gasteiger partial charge in [-0.25, -0.2) is 0 Å². The van der Waals surface area contributed by atoms with Crippen LogP contribution in [0.2, 0.25) is 0 Å². The molecule has 0 aliphatic carbocycles. The molecule has 2 heterocycles. The standard InChI is InChI=1S/C40H74N2O5S/c1-5-7-9-11-13-16-21-35(22-17-14-12-10-8-6-2)31-46-33-44-27-19-15-18-23-36(43)29-39-38(37-24-25-41-30-40(37)48-39)32-47-34-45-28-20-26-42(3)4/h35,41H,5-34H2,1-4H3. The number of carbonyl (C=O) groups is 1. The molecule has 0 unspecified atom stereocenters. The summed E-state index contributed by atoms with van der Waals surface area (Å²) in [5, 5.41) is 3.47. The Morgan fingerprint density at radius 2 is 1.40 bits per heavy atom. The third kappa shape index (κ3) is 21.4. The van der Waals surface area contributed by atoms with Crippen LogP contribution in [0.3, 0.4) is 0 Å². The lowest BCUT2D eigenvalue weighted by molar-refractivity contribution is -0.118. The van der Waals surface area contributed by atoms with E-state index in [2.05, 4.69) is 38.2 Å². The number of fused-ring (bicyclic) bond motifs is 1. The maximum Gasteiger partial charge on any atom is 0.147 e. The Bertz CT molecular complexity index is 892. The van der Waals surface area contributed by atoms with Crippen LogP contribution in [0.1, 0.15) is 157 Å². The van der Waals surface area contributed by atoms with Crippen molar-refractivity contribution in [3.63, 3.8) is 0 Å². The monoisotopic (exact) mass is 695 g/mol. The second kappa shape index (κ2) is 29.8. The second-order valence-corrected chi connectivity index (χ2v) is 15.5. The van der Waals surface area contributed by atoms with Crippen molar-refractivity contribution in [2.75, 3.05) is 60.6 Å². The predicted molar refractivity (Wildman–Crippen MR) is 202 cm³/mol. The van der Waals surface area contributed by atoms with Gasteiger partial charge in [-0.2, -0.15) is 0 Å². The van der Waals surface area contributed by atoms with Gasteiger partial charge in [0.25, 0.3) is 0 Å². The van der Waals surface area contributed by atoms with Gasteiger partial charge >= 0.3 is 0 Å². The van der Waals surface area contributed by atoms with Crippen LogP contribution in [0.15, 0.2) is 0 Å². The topological polar surface area (TPSA) is 69.3 Å². The van der Waals surface area contributed by atoms with Gasteiger partial charge in [-0.15, -0.1) is 11.3 Å². The van der Waals surface area contributed by atoms with Gasteiger partial charge in [0.2, 0.25) is 0 Å². The predicted octanol–water partition coefficient (Wildman–Crippen LogP) is 9.62. The van der Waals surface area contributed by atoms with Crippen LogP contribution < -0.4 is 5.32 Å². The smallest absolute Gasteiger partial charge is 0.147 e. The minimum absolute atomic E-state index is 0.301. The summed E-state index contributed by atoms with van der Waals surface area (Å²) < 4.78 is 23.4. The van der Waals surface area contributed by atoms with Crippen molar-refractivity contribution in [1.29, 1.82) is 0 Å². The highest BCUT2D eigenvalue weighted by Crippen LogP contribution is 2.32. The Labute approximate surface area is 299 Å². The largest absolute Gasteiger partial charge is 0.355 e. The molecule has 1 N–H and O–H groups in total. The Kier molecular flexibility index (Phi) is 26.9. The SMILES string of the molecule is CCCCCCCCC(CCCCCCCC)COCOCCCCCC(=O)Cc1sc2c(c1COCOCCCN(C)C)CCNC2. The third-order valence-electron chi connectivity index (χ3n) is 9.48. The van der Waals surface area contributed by atoms with Crippen molar-refractivity contribution >= 4 is 17.1 Å². The summed E-state index contributed by atoms with van der Waals surface area (Å²) in [6, 6.07) is 0. The van der Waals surface area contributed by atoms with E-state index in [-0.39, 0.29) is 0 Å². The quantitative estimate of drug-likeness (QED) is 0.0569. The van der Waals surface area contributed by atoms with Crippen LogP contribution in [-0.4, -0.2) is 71.3 Å². The molecular weight excluding hydrogens is 621 g/mol. The van der Waals surface area contributed by atoms with Crippen molar-refractivity contribution in [2.45, 2.75) is 162 Å². The zero-order valence-electron chi connectivity index (χ0n) is 31.7. The number of rotatable bonds is 34. The zero-order valence-corrected chi connectivity index (χ0v) is 32.5. The molecule has 0 saturated heterocycles. The first-order valence-electron chi connectivity index (χ1n) is 19.8. The van der Waals surface area contributed by atoms with Crippen molar-refractivity contribution in [3.05, 3.63) is 20.9 Å². The highest BCUT2D eigenvalue weighted by Gasteiger charge is 2.22.